The summed E-state index contributed by atoms with van der Waals surface area (Å²) in [6, 6.07) is 5.81. The molecule has 1 saturated heterocycles. The van der Waals surface area contributed by atoms with Gasteiger partial charge in [0.25, 0.3) is 5.91 Å². The first-order chi connectivity index (χ1) is 10.1. The predicted molar refractivity (Wildman–Crippen MR) is 78.6 cm³/mol. The summed E-state index contributed by atoms with van der Waals surface area (Å²) in [4.78, 5) is 26.9. The lowest BCUT2D eigenvalue weighted by molar-refractivity contribution is -0.138. The summed E-state index contributed by atoms with van der Waals surface area (Å²) in [6.45, 7) is 3.38. The molecule has 3 rings (SSSR count). The van der Waals surface area contributed by atoms with E-state index in [9.17, 15) is 9.59 Å². The fourth-order valence-corrected chi connectivity index (χ4v) is 2.92. The van der Waals surface area contributed by atoms with Crippen molar-refractivity contribution in [1.29, 1.82) is 0 Å². The number of benzene rings is 1. The van der Waals surface area contributed by atoms with Crippen LogP contribution >= 0.6 is 0 Å². The largest absolute Gasteiger partial charge is 0.480 e. The Morgan fingerprint density at radius 3 is 2.67 bits per heavy atom. The molecule has 0 atom stereocenters. The van der Waals surface area contributed by atoms with E-state index in [1.54, 1.807) is 0 Å². The molecule has 0 saturated carbocycles. The second kappa shape index (κ2) is 5.73. The van der Waals surface area contributed by atoms with Crippen LogP contribution in [-0.4, -0.2) is 66.1 Å². The molecule has 21 heavy (non-hydrogen) atoms. The van der Waals surface area contributed by atoms with Gasteiger partial charge in [-0.05, 0) is 30.2 Å². The molecular weight excluding hydrogens is 270 g/mol. The maximum Gasteiger partial charge on any atom is 0.317 e. The van der Waals surface area contributed by atoms with Crippen LogP contribution in [0.3, 0.4) is 0 Å². The monoisotopic (exact) mass is 289 g/mol. The Bertz CT molecular complexity index is 565. The molecule has 6 heteroatoms. The minimum Gasteiger partial charge on any atom is -0.480 e. The molecule has 2 aliphatic heterocycles. The number of carbonyl (C=O) groups excluding carboxylic acids is 1. The Hall–Kier alpha value is -2.08. The van der Waals surface area contributed by atoms with E-state index in [-0.39, 0.29) is 12.5 Å². The quantitative estimate of drug-likeness (QED) is 0.847. The highest BCUT2D eigenvalue weighted by Crippen LogP contribution is 2.23. The first-order valence-electron chi connectivity index (χ1n) is 7.24. The molecule has 2 heterocycles. The molecule has 0 aromatic heterocycles. The number of nitrogens with zero attached hydrogens (tertiary/aromatic N) is 2. The minimum absolute atomic E-state index is 0.0414. The highest BCUT2D eigenvalue weighted by atomic mass is 16.4. The molecule has 0 aliphatic carbocycles. The summed E-state index contributed by atoms with van der Waals surface area (Å²) in [7, 11) is 0. The fourth-order valence-electron chi connectivity index (χ4n) is 2.92. The van der Waals surface area contributed by atoms with Gasteiger partial charge < -0.3 is 15.3 Å². The molecule has 2 N–H and O–H groups in total. The number of nitrogens with one attached hydrogen (secondary N) is 1. The lowest BCUT2D eigenvalue weighted by Crippen LogP contribution is -2.49. The van der Waals surface area contributed by atoms with E-state index in [4.69, 9.17) is 5.11 Å². The normalized spacial score (nSPS) is 18.2. The van der Waals surface area contributed by atoms with E-state index in [1.807, 2.05) is 28.0 Å². The van der Waals surface area contributed by atoms with Crippen LogP contribution in [0.5, 0.6) is 0 Å². The van der Waals surface area contributed by atoms with Gasteiger partial charge in [-0.25, -0.2) is 0 Å². The summed E-state index contributed by atoms with van der Waals surface area (Å²) >= 11 is 0. The molecule has 0 unspecified atom stereocenters. The molecular formula is C15H19N3O3. The van der Waals surface area contributed by atoms with Gasteiger partial charge in [0, 0.05) is 44.0 Å². The smallest absolute Gasteiger partial charge is 0.317 e. The van der Waals surface area contributed by atoms with Gasteiger partial charge in [-0.15, -0.1) is 0 Å². The number of carbonyl (C=O) groups is 2. The number of carboxylic acids is 1. The van der Waals surface area contributed by atoms with E-state index < -0.39 is 5.97 Å². The van der Waals surface area contributed by atoms with Gasteiger partial charge in [0.15, 0.2) is 0 Å². The standard InChI is InChI=1S/C15H19N3O3/c19-14(20)10-17-5-7-18(8-6-17)15(21)12-1-2-13-11(9-12)3-4-16-13/h1-2,9,16H,3-8,10H2,(H,19,20). The van der Waals surface area contributed by atoms with Crippen LogP contribution in [0.1, 0.15) is 15.9 Å². The van der Waals surface area contributed by atoms with E-state index >= 15 is 0 Å². The lowest BCUT2D eigenvalue weighted by Gasteiger charge is -2.33. The molecule has 1 amide bonds. The molecule has 1 aromatic carbocycles. The first kappa shape index (κ1) is 13.9. The molecule has 6 nitrogen and oxygen atoms in total. The number of carboxylic acid groups (broad SMARTS) is 1. The number of hydrogen-bond donors (Lipinski definition) is 2. The Morgan fingerprint density at radius 2 is 1.95 bits per heavy atom. The van der Waals surface area contributed by atoms with Gasteiger partial charge in [0.1, 0.15) is 0 Å². The van der Waals surface area contributed by atoms with Crippen LogP contribution in [-0.2, 0) is 11.2 Å². The average Bonchev–Trinajstić information content (AvgIpc) is 2.94. The van der Waals surface area contributed by atoms with Crippen molar-refractivity contribution in [3.63, 3.8) is 0 Å². The van der Waals surface area contributed by atoms with Gasteiger partial charge in [0.2, 0.25) is 0 Å². The van der Waals surface area contributed by atoms with Crippen molar-refractivity contribution < 1.29 is 14.7 Å². The van der Waals surface area contributed by atoms with E-state index in [1.165, 1.54) is 5.56 Å². The van der Waals surface area contributed by atoms with Gasteiger partial charge in [0.05, 0.1) is 6.54 Å². The van der Waals surface area contributed by atoms with Crippen LogP contribution in [0, 0.1) is 0 Å². The third kappa shape index (κ3) is 3.00. The average molecular weight is 289 g/mol. The van der Waals surface area contributed by atoms with Crippen molar-refractivity contribution in [2.75, 3.05) is 44.6 Å². The molecule has 0 spiro atoms. The molecule has 0 radical (unpaired) electrons. The number of piperazine rings is 1. The summed E-state index contributed by atoms with van der Waals surface area (Å²) in [6.07, 6.45) is 0.961. The molecule has 2 aliphatic rings. The number of hydrogen-bond acceptors (Lipinski definition) is 4. The number of rotatable bonds is 3. The highest BCUT2D eigenvalue weighted by molar-refractivity contribution is 5.95. The zero-order valence-corrected chi connectivity index (χ0v) is 11.8. The topological polar surface area (TPSA) is 72.9 Å². The number of aliphatic carboxylic acids is 1. The minimum atomic E-state index is -0.819. The van der Waals surface area contributed by atoms with Gasteiger partial charge >= 0.3 is 5.97 Å². The summed E-state index contributed by atoms with van der Waals surface area (Å²) in [5.74, 6) is -0.777. The van der Waals surface area contributed by atoms with Crippen LogP contribution in [0.15, 0.2) is 18.2 Å². The predicted octanol–water partition coefficient (Wildman–Crippen LogP) is 0.497. The van der Waals surface area contributed by atoms with Crippen molar-refractivity contribution in [2.45, 2.75) is 6.42 Å². The number of anilines is 1. The van der Waals surface area contributed by atoms with Crippen molar-refractivity contribution in [3.05, 3.63) is 29.3 Å². The maximum atomic E-state index is 12.5. The third-order valence-electron chi connectivity index (χ3n) is 4.08. The van der Waals surface area contributed by atoms with Crippen LogP contribution in [0.2, 0.25) is 0 Å². The molecule has 1 aromatic rings. The van der Waals surface area contributed by atoms with Crippen molar-refractivity contribution in [2.24, 2.45) is 0 Å². The Morgan fingerprint density at radius 1 is 1.19 bits per heavy atom. The summed E-state index contributed by atoms with van der Waals surface area (Å²) in [5, 5.41) is 12.1. The fraction of sp³-hybridized carbons (Fsp3) is 0.467. The first-order valence-corrected chi connectivity index (χ1v) is 7.24. The summed E-state index contributed by atoms with van der Waals surface area (Å²) in [5.41, 5.74) is 3.05. The van der Waals surface area contributed by atoms with Gasteiger partial charge in [-0.2, -0.15) is 0 Å². The number of fused-ring (bicyclic) bond motifs is 1. The van der Waals surface area contributed by atoms with E-state index in [0.717, 1.165) is 24.2 Å². The third-order valence-corrected chi connectivity index (χ3v) is 4.08. The molecule has 1 fully saturated rings. The summed E-state index contributed by atoms with van der Waals surface area (Å²) < 4.78 is 0. The van der Waals surface area contributed by atoms with Gasteiger partial charge in [-0.1, -0.05) is 0 Å². The SMILES string of the molecule is O=C(O)CN1CCN(C(=O)c2ccc3c(c2)CCN3)CC1. The van der Waals surface area contributed by atoms with Crippen molar-refractivity contribution >= 4 is 17.6 Å². The Balaban J connectivity index is 1.63. The van der Waals surface area contributed by atoms with E-state index in [2.05, 4.69) is 5.32 Å². The lowest BCUT2D eigenvalue weighted by atomic mass is 10.1. The van der Waals surface area contributed by atoms with E-state index in [0.29, 0.717) is 26.2 Å². The van der Waals surface area contributed by atoms with Crippen molar-refractivity contribution in [1.82, 2.24) is 9.80 Å². The van der Waals surface area contributed by atoms with Crippen LogP contribution in [0.4, 0.5) is 5.69 Å². The van der Waals surface area contributed by atoms with Gasteiger partial charge in [-0.3, -0.25) is 14.5 Å². The Labute approximate surface area is 123 Å². The van der Waals surface area contributed by atoms with Crippen LogP contribution in [0.25, 0.3) is 0 Å². The number of amides is 1. The maximum absolute atomic E-state index is 12.5. The second-order valence-corrected chi connectivity index (χ2v) is 5.51. The van der Waals surface area contributed by atoms with Crippen molar-refractivity contribution in [3.8, 4) is 0 Å². The zero-order chi connectivity index (χ0) is 14.8. The molecule has 0 bridgehead atoms. The molecule has 112 valence electrons. The highest BCUT2D eigenvalue weighted by Gasteiger charge is 2.24. The zero-order valence-electron chi connectivity index (χ0n) is 11.8. The second-order valence-electron chi connectivity index (χ2n) is 5.51. The Kier molecular flexibility index (Phi) is 3.79. The van der Waals surface area contributed by atoms with Crippen LogP contribution < -0.4 is 5.32 Å².